The second-order valence-corrected chi connectivity index (χ2v) is 6.23. The highest BCUT2D eigenvalue weighted by Gasteiger charge is 2.25. The van der Waals surface area contributed by atoms with Gasteiger partial charge in [-0.1, -0.05) is 0 Å². The van der Waals surface area contributed by atoms with Gasteiger partial charge in [-0.3, -0.25) is 19.8 Å². The maximum atomic E-state index is 12.5. The molecule has 6 nitrogen and oxygen atoms in total. The molecule has 1 aliphatic heterocycles. The van der Waals surface area contributed by atoms with Gasteiger partial charge in [0.25, 0.3) is 5.91 Å². The number of carbonyl (C=O) groups is 1. The average molecular weight is 364 g/mol. The third-order valence-corrected chi connectivity index (χ3v) is 4.86. The van der Waals surface area contributed by atoms with Crippen LogP contribution < -0.4 is 0 Å². The molecule has 0 saturated carbocycles. The van der Waals surface area contributed by atoms with Crippen LogP contribution in [-0.2, 0) is 6.54 Å². The van der Waals surface area contributed by atoms with Gasteiger partial charge < -0.3 is 4.90 Å². The summed E-state index contributed by atoms with van der Waals surface area (Å²) >= 11 is 3.42. The Morgan fingerprint density at radius 2 is 1.95 bits per heavy atom. The van der Waals surface area contributed by atoms with E-state index in [4.69, 9.17) is 0 Å². The highest BCUT2D eigenvalue weighted by atomic mass is 79.9. The second-order valence-electron chi connectivity index (χ2n) is 5.44. The lowest BCUT2D eigenvalue weighted by Gasteiger charge is -2.34. The number of aryl methyl sites for hydroxylation is 1. The Kier molecular flexibility index (Phi) is 4.54. The molecule has 0 aromatic carbocycles. The monoisotopic (exact) mass is 363 g/mol. The van der Waals surface area contributed by atoms with Gasteiger partial charge in [0.2, 0.25) is 0 Å². The molecule has 1 amide bonds. The number of aromatic amines is 1. The summed E-state index contributed by atoms with van der Waals surface area (Å²) in [7, 11) is 0. The zero-order valence-electron chi connectivity index (χ0n) is 12.4. The van der Waals surface area contributed by atoms with Crippen molar-refractivity contribution in [2.45, 2.75) is 13.5 Å². The molecule has 2 aromatic rings. The van der Waals surface area contributed by atoms with Crippen LogP contribution in [0.3, 0.4) is 0 Å². The molecule has 0 unspecified atom stereocenters. The van der Waals surface area contributed by atoms with Crippen LogP contribution in [0.25, 0.3) is 0 Å². The van der Waals surface area contributed by atoms with Crippen LogP contribution in [0, 0.1) is 6.92 Å². The molecule has 1 fully saturated rings. The van der Waals surface area contributed by atoms with Gasteiger partial charge in [0.1, 0.15) is 0 Å². The van der Waals surface area contributed by atoms with Crippen molar-refractivity contribution >= 4 is 21.8 Å². The van der Waals surface area contributed by atoms with Crippen LogP contribution in [0.5, 0.6) is 0 Å². The van der Waals surface area contributed by atoms with Gasteiger partial charge in [0, 0.05) is 50.8 Å². The molecule has 0 spiro atoms. The Bertz CT molecular complexity index is 649. The first-order chi connectivity index (χ1) is 10.6. The minimum atomic E-state index is -0.0141. The standard InChI is InChI=1S/C15H18BrN5O/c1-11-13(16)14(19-18-11)15(22)21-8-6-20(7-9-21)10-12-2-4-17-5-3-12/h2-5H,6-10H2,1H3,(H,18,19). The van der Waals surface area contributed by atoms with Crippen molar-refractivity contribution in [2.24, 2.45) is 0 Å². The lowest BCUT2D eigenvalue weighted by Crippen LogP contribution is -2.48. The third-order valence-electron chi connectivity index (χ3n) is 3.89. The smallest absolute Gasteiger partial charge is 0.275 e. The minimum Gasteiger partial charge on any atom is -0.335 e. The van der Waals surface area contributed by atoms with E-state index in [1.165, 1.54) is 5.56 Å². The number of carbonyl (C=O) groups excluding carboxylic acids is 1. The number of halogens is 1. The number of rotatable bonds is 3. The zero-order valence-corrected chi connectivity index (χ0v) is 14.0. The van der Waals surface area contributed by atoms with Crippen LogP contribution in [0.2, 0.25) is 0 Å². The predicted molar refractivity (Wildman–Crippen MR) is 86.4 cm³/mol. The molecule has 1 N–H and O–H groups in total. The number of amides is 1. The molecule has 3 heterocycles. The number of pyridine rings is 1. The maximum Gasteiger partial charge on any atom is 0.275 e. The molecule has 0 radical (unpaired) electrons. The topological polar surface area (TPSA) is 65.1 Å². The van der Waals surface area contributed by atoms with Gasteiger partial charge in [-0.05, 0) is 40.5 Å². The van der Waals surface area contributed by atoms with E-state index >= 15 is 0 Å². The molecule has 116 valence electrons. The number of aromatic nitrogens is 3. The molecule has 3 rings (SSSR count). The van der Waals surface area contributed by atoms with Gasteiger partial charge >= 0.3 is 0 Å². The van der Waals surface area contributed by atoms with E-state index in [2.05, 4.69) is 36.0 Å². The van der Waals surface area contributed by atoms with Crippen molar-refractivity contribution in [3.05, 3.63) is 46.0 Å². The van der Waals surface area contributed by atoms with E-state index in [9.17, 15) is 4.79 Å². The van der Waals surface area contributed by atoms with E-state index in [-0.39, 0.29) is 5.91 Å². The second kappa shape index (κ2) is 6.58. The summed E-state index contributed by atoms with van der Waals surface area (Å²) in [6.07, 6.45) is 3.62. The SMILES string of the molecule is Cc1[nH]nc(C(=O)N2CCN(Cc3ccncc3)CC2)c1Br. The summed E-state index contributed by atoms with van der Waals surface area (Å²) in [6, 6.07) is 4.06. The highest BCUT2D eigenvalue weighted by molar-refractivity contribution is 9.10. The van der Waals surface area contributed by atoms with Crippen molar-refractivity contribution in [1.82, 2.24) is 25.0 Å². The van der Waals surface area contributed by atoms with Gasteiger partial charge in [-0.2, -0.15) is 5.10 Å². The zero-order chi connectivity index (χ0) is 15.5. The summed E-state index contributed by atoms with van der Waals surface area (Å²) in [6.45, 7) is 5.98. The molecule has 1 saturated heterocycles. The fraction of sp³-hybridized carbons (Fsp3) is 0.400. The van der Waals surface area contributed by atoms with Crippen LogP contribution in [-0.4, -0.2) is 57.1 Å². The Hall–Kier alpha value is -1.73. The van der Waals surface area contributed by atoms with Crippen molar-refractivity contribution in [3.63, 3.8) is 0 Å². The Labute approximate surface area is 137 Å². The summed E-state index contributed by atoms with van der Waals surface area (Å²) in [4.78, 5) is 20.7. The molecular weight excluding hydrogens is 346 g/mol. The number of nitrogens with zero attached hydrogens (tertiary/aromatic N) is 4. The summed E-state index contributed by atoms with van der Waals surface area (Å²) in [5.74, 6) is -0.0141. The van der Waals surface area contributed by atoms with Crippen molar-refractivity contribution in [2.75, 3.05) is 26.2 Å². The molecule has 1 aliphatic rings. The molecule has 7 heteroatoms. The third kappa shape index (κ3) is 3.20. The quantitative estimate of drug-likeness (QED) is 0.903. The molecular formula is C15H18BrN5O. The van der Waals surface area contributed by atoms with Gasteiger partial charge in [0.15, 0.2) is 5.69 Å². The predicted octanol–water partition coefficient (Wildman–Crippen LogP) is 1.83. The van der Waals surface area contributed by atoms with E-state index in [0.29, 0.717) is 5.69 Å². The molecule has 0 bridgehead atoms. The number of H-pyrrole nitrogens is 1. The Balaban J connectivity index is 1.57. The fourth-order valence-electron chi connectivity index (χ4n) is 2.56. The fourth-order valence-corrected chi connectivity index (χ4v) is 2.91. The minimum absolute atomic E-state index is 0.0141. The highest BCUT2D eigenvalue weighted by Crippen LogP contribution is 2.20. The molecule has 0 atom stereocenters. The Morgan fingerprint density at radius 3 is 2.55 bits per heavy atom. The summed E-state index contributed by atoms with van der Waals surface area (Å²) in [5.41, 5.74) is 2.60. The van der Waals surface area contributed by atoms with Gasteiger partial charge in [-0.15, -0.1) is 0 Å². The first kappa shape index (κ1) is 15.2. The lowest BCUT2D eigenvalue weighted by molar-refractivity contribution is 0.0622. The van der Waals surface area contributed by atoms with Gasteiger partial charge in [0.05, 0.1) is 4.47 Å². The normalized spacial score (nSPS) is 16.0. The summed E-state index contributed by atoms with van der Waals surface area (Å²) in [5, 5.41) is 6.93. The number of hydrogen-bond donors (Lipinski definition) is 1. The van der Waals surface area contributed by atoms with E-state index in [0.717, 1.165) is 42.9 Å². The van der Waals surface area contributed by atoms with Crippen LogP contribution in [0.1, 0.15) is 21.7 Å². The van der Waals surface area contributed by atoms with Gasteiger partial charge in [-0.25, -0.2) is 0 Å². The van der Waals surface area contributed by atoms with Crippen LogP contribution in [0.15, 0.2) is 29.0 Å². The van der Waals surface area contributed by atoms with E-state index in [1.807, 2.05) is 36.4 Å². The van der Waals surface area contributed by atoms with E-state index in [1.54, 1.807) is 0 Å². The molecule has 2 aromatic heterocycles. The van der Waals surface area contributed by atoms with Crippen LogP contribution in [0.4, 0.5) is 0 Å². The number of hydrogen-bond acceptors (Lipinski definition) is 4. The average Bonchev–Trinajstić information content (AvgIpc) is 2.88. The lowest BCUT2D eigenvalue weighted by atomic mass is 10.2. The van der Waals surface area contributed by atoms with Crippen molar-refractivity contribution < 1.29 is 4.79 Å². The Morgan fingerprint density at radius 1 is 1.27 bits per heavy atom. The summed E-state index contributed by atoms with van der Waals surface area (Å²) < 4.78 is 0.761. The molecule has 22 heavy (non-hydrogen) atoms. The first-order valence-corrected chi connectivity index (χ1v) is 8.05. The number of piperazine rings is 1. The van der Waals surface area contributed by atoms with E-state index < -0.39 is 0 Å². The maximum absolute atomic E-state index is 12.5. The van der Waals surface area contributed by atoms with Crippen molar-refractivity contribution in [1.29, 1.82) is 0 Å². The molecule has 0 aliphatic carbocycles. The largest absolute Gasteiger partial charge is 0.335 e. The van der Waals surface area contributed by atoms with Crippen molar-refractivity contribution in [3.8, 4) is 0 Å². The van der Waals surface area contributed by atoms with Crippen LogP contribution >= 0.6 is 15.9 Å². The first-order valence-electron chi connectivity index (χ1n) is 7.26. The number of nitrogens with one attached hydrogen (secondary N) is 1.